The molecule has 0 aliphatic carbocycles. The maximum absolute atomic E-state index is 12.5. The van der Waals surface area contributed by atoms with Gasteiger partial charge in [-0.05, 0) is 29.8 Å². The molecule has 8 nitrogen and oxygen atoms in total. The summed E-state index contributed by atoms with van der Waals surface area (Å²) >= 11 is 0. The molecule has 1 aromatic carbocycles. The van der Waals surface area contributed by atoms with Gasteiger partial charge < -0.3 is 14.6 Å². The largest absolute Gasteiger partial charge is 0.467 e. The zero-order chi connectivity index (χ0) is 20.4. The number of nitrogens with zero attached hydrogens (tertiary/aromatic N) is 2. The topological polar surface area (TPSA) is 99.9 Å². The molecule has 4 amide bonds. The average Bonchev–Trinajstić information content (AvgIpc) is 3.42. The Morgan fingerprint density at radius 1 is 1.00 bits per heavy atom. The van der Waals surface area contributed by atoms with Crippen LogP contribution in [0.4, 0.5) is 5.69 Å². The molecule has 2 fully saturated rings. The van der Waals surface area contributed by atoms with Gasteiger partial charge in [-0.15, -0.1) is 0 Å². The van der Waals surface area contributed by atoms with E-state index in [9.17, 15) is 19.2 Å². The predicted molar refractivity (Wildman–Crippen MR) is 102 cm³/mol. The van der Waals surface area contributed by atoms with Gasteiger partial charge in [0.2, 0.25) is 23.6 Å². The minimum atomic E-state index is -0.419. The number of hydrogen-bond donors (Lipinski definition) is 1. The Labute approximate surface area is 167 Å². The van der Waals surface area contributed by atoms with Gasteiger partial charge in [-0.3, -0.25) is 24.1 Å². The van der Waals surface area contributed by atoms with E-state index in [0.29, 0.717) is 24.5 Å². The van der Waals surface area contributed by atoms with E-state index >= 15 is 0 Å². The van der Waals surface area contributed by atoms with Gasteiger partial charge in [-0.2, -0.15) is 0 Å². The summed E-state index contributed by atoms with van der Waals surface area (Å²) in [5, 5.41) is 2.83. The van der Waals surface area contributed by atoms with Crippen LogP contribution in [-0.4, -0.2) is 40.0 Å². The van der Waals surface area contributed by atoms with Crippen molar-refractivity contribution in [1.29, 1.82) is 0 Å². The number of benzene rings is 1. The highest BCUT2D eigenvalue weighted by Gasteiger charge is 2.34. The quantitative estimate of drug-likeness (QED) is 0.753. The van der Waals surface area contributed by atoms with E-state index < -0.39 is 5.92 Å². The first-order valence-electron chi connectivity index (χ1n) is 9.53. The lowest BCUT2D eigenvalue weighted by Gasteiger charge is -2.16. The van der Waals surface area contributed by atoms with Crippen LogP contribution in [0.5, 0.6) is 0 Å². The number of carbonyl (C=O) groups is 4. The molecule has 2 aromatic rings. The molecule has 2 saturated heterocycles. The number of furan rings is 1. The molecule has 29 heavy (non-hydrogen) atoms. The summed E-state index contributed by atoms with van der Waals surface area (Å²) in [6.45, 7) is 0.950. The number of amides is 4. The van der Waals surface area contributed by atoms with Crippen LogP contribution in [0.15, 0.2) is 47.1 Å². The van der Waals surface area contributed by atoms with Crippen molar-refractivity contribution in [2.75, 3.05) is 11.9 Å². The molecule has 0 spiro atoms. The lowest BCUT2D eigenvalue weighted by Crippen LogP contribution is -2.28. The van der Waals surface area contributed by atoms with E-state index in [4.69, 9.17) is 4.42 Å². The van der Waals surface area contributed by atoms with Crippen LogP contribution in [0.3, 0.4) is 0 Å². The molecule has 1 N–H and O–H groups in total. The molecule has 150 valence electrons. The highest BCUT2D eigenvalue weighted by atomic mass is 16.3. The average molecular weight is 395 g/mol. The smallest absolute Gasteiger partial charge is 0.229 e. The lowest BCUT2D eigenvalue weighted by molar-refractivity contribution is -0.139. The Morgan fingerprint density at radius 3 is 2.38 bits per heavy atom. The minimum Gasteiger partial charge on any atom is -0.467 e. The highest BCUT2D eigenvalue weighted by molar-refractivity contribution is 6.01. The molecule has 2 aliphatic heterocycles. The molecule has 1 aromatic heterocycles. The van der Waals surface area contributed by atoms with E-state index in [-0.39, 0.29) is 49.4 Å². The third-order valence-electron chi connectivity index (χ3n) is 5.23. The number of imide groups is 1. The fourth-order valence-electron chi connectivity index (χ4n) is 3.61. The van der Waals surface area contributed by atoms with Crippen molar-refractivity contribution in [3.63, 3.8) is 0 Å². The normalized spacial score (nSPS) is 19.3. The lowest BCUT2D eigenvalue weighted by atomic mass is 10.1. The summed E-state index contributed by atoms with van der Waals surface area (Å²) in [7, 11) is 0. The monoisotopic (exact) mass is 395 g/mol. The van der Waals surface area contributed by atoms with Crippen molar-refractivity contribution >= 4 is 29.3 Å². The first kappa shape index (κ1) is 18.9. The van der Waals surface area contributed by atoms with Crippen molar-refractivity contribution < 1.29 is 23.6 Å². The summed E-state index contributed by atoms with van der Waals surface area (Å²) < 4.78 is 5.27. The molecule has 4 rings (SSSR count). The number of rotatable bonds is 6. The Kier molecular flexibility index (Phi) is 5.16. The molecular formula is C21H21N3O5. The fourth-order valence-corrected chi connectivity index (χ4v) is 3.61. The van der Waals surface area contributed by atoms with Gasteiger partial charge in [0, 0.05) is 31.5 Å². The van der Waals surface area contributed by atoms with Gasteiger partial charge in [0.25, 0.3) is 0 Å². The van der Waals surface area contributed by atoms with Crippen LogP contribution in [0.25, 0.3) is 0 Å². The Balaban J connectivity index is 1.32. The third-order valence-corrected chi connectivity index (χ3v) is 5.23. The molecule has 0 saturated carbocycles. The van der Waals surface area contributed by atoms with Crippen LogP contribution in [0.2, 0.25) is 0 Å². The molecule has 1 atom stereocenters. The van der Waals surface area contributed by atoms with Crippen molar-refractivity contribution in [2.24, 2.45) is 5.92 Å². The van der Waals surface area contributed by atoms with Gasteiger partial charge in [0.05, 0.1) is 25.3 Å². The second kappa shape index (κ2) is 7.90. The van der Waals surface area contributed by atoms with Gasteiger partial charge in [-0.1, -0.05) is 12.1 Å². The molecule has 0 bridgehead atoms. The van der Waals surface area contributed by atoms with Crippen LogP contribution in [0, 0.1) is 5.92 Å². The molecule has 2 aliphatic rings. The van der Waals surface area contributed by atoms with Crippen molar-refractivity contribution in [3.05, 3.63) is 54.0 Å². The van der Waals surface area contributed by atoms with Crippen molar-refractivity contribution in [1.82, 2.24) is 9.80 Å². The Morgan fingerprint density at radius 2 is 1.72 bits per heavy atom. The van der Waals surface area contributed by atoms with Gasteiger partial charge in [0.15, 0.2) is 0 Å². The van der Waals surface area contributed by atoms with E-state index in [1.807, 2.05) is 0 Å². The first-order chi connectivity index (χ1) is 14.0. The number of likely N-dealkylation sites (tertiary alicyclic amines) is 2. The second-order valence-corrected chi connectivity index (χ2v) is 7.31. The SMILES string of the molecule is O=C(Nc1ccc(CN2C(=O)CCC2=O)cc1)[C@@H]1CC(=O)N(Cc2ccco2)C1. The Bertz CT molecular complexity index is 920. The number of hydrogen-bond acceptors (Lipinski definition) is 5. The van der Waals surface area contributed by atoms with E-state index in [1.54, 1.807) is 47.6 Å². The maximum Gasteiger partial charge on any atom is 0.229 e. The zero-order valence-corrected chi connectivity index (χ0v) is 15.8. The van der Waals surface area contributed by atoms with E-state index in [2.05, 4.69) is 5.32 Å². The van der Waals surface area contributed by atoms with Gasteiger partial charge in [0.1, 0.15) is 5.76 Å². The number of carbonyl (C=O) groups excluding carboxylic acids is 4. The molecule has 0 unspecified atom stereocenters. The number of nitrogens with one attached hydrogen (secondary N) is 1. The van der Waals surface area contributed by atoms with E-state index in [0.717, 1.165) is 5.56 Å². The summed E-state index contributed by atoms with van der Waals surface area (Å²) in [6.07, 6.45) is 2.26. The molecule has 3 heterocycles. The fraction of sp³-hybridized carbons (Fsp3) is 0.333. The standard InChI is InChI=1S/C21H21N3O5/c25-18-7-8-19(26)24(18)11-14-3-5-16(6-4-14)22-21(28)15-10-20(27)23(12-15)13-17-2-1-9-29-17/h1-6,9,15H,7-8,10-13H2,(H,22,28)/t15-/m1/s1. The van der Waals surface area contributed by atoms with Crippen LogP contribution >= 0.6 is 0 Å². The summed E-state index contributed by atoms with van der Waals surface area (Å²) in [6, 6.07) is 10.6. The second-order valence-electron chi connectivity index (χ2n) is 7.31. The summed E-state index contributed by atoms with van der Waals surface area (Å²) in [5.41, 5.74) is 1.42. The van der Waals surface area contributed by atoms with Gasteiger partial charge >= 0.3 is 0 Å². The zero-order valence-electron chi connectivity index (χ0n) is 15.8. The van der Waals surface area contributed by atoms with E-state index in [1.165, 1.54) is 4.90 Å². The molecule has 8 heteroatoms. The summed E-state index contributed by atoms with van der Waals surface area (Å²) in [5.74, 6) is -0.327. The Hall–Kier alpha value is -3.42. The van der Waals surface area contributed by atoms with Crippen LogP contribution in [0.1, 0.15) is 30.6 Å². The predicted octanol–water partition coefficient (Wildman–Crippen LogP) is 1.92. The number of anilines is 1. The van der Waals surface area contributed by atoms with Crippen molar-refractivity contribution in [3.8, 4) is 0 Å². The van der Waals surface area contributed by atoms with Gasteiger partial charge in [-0.25, -0.2) is 0 Å². The molecule has 0 radical (unpaired) electrons. The van der Waals surface area contributed by atoms with Crippen molar-refractivity contribution in [2.45, 2.75) is 32.4 Å². The highest BCUT2D eigenvalue weighted by Crippen LogP contribution is 2.23. The third kappa shape index (κ3) is 4.21. The van der Waals surface area contributed by atoms with Crippen LogP contribution in [-0.2, 0) is 32.3 Å². The minimum absolute atomic E-state index is 0.0724. The molecular weight excluding hydrogens is 374 g/mol. The first-order valence-corrected chi connectivity index (χ1v) is 9.53. The van der Waals surface area contributed by atoms with Crippen LogP contribution < -0.4 is 5.32 Å². The summed E-state index contributed by atoms with van der Waals surface area (Å²) in [4.78, 5) is 51.0. The maximum atomic E-state index is 12.5.